The van der Waals surface area contributed by atoms with Crippen LogP contribution in [0.2, 0.25) is 0 Å². The summed E-state index contributed by atoms with van der Waals surface area (Å²) < 4.78 is 14.5. The number of hydrogen-bond donors (Lipinski definition) is 2. The van der Waals surface area contributed by atoms with Crippen LogP contribution >= 0.6 is 0 Å². The Kier molecular flexibility index (Phi) is 10.3. The lowest BCUT2D eigenvalue weighted by molar-refractivity contribution is 0.00896. The Morgan fingerprint density at radius 2 is 1.24 bits per heavy atom. The molecule has 2 N–H and O–H groups in total. The van der Waals surface area contributed by atoms with Crippen LogP contribution in [-0.4, -0.2) is 69.9 Å². The molecule has 270 valence electrons. The SMILES string of the molecule is Cc1cc(=O)[nH]c2cc([C@@H]3CCCCN3C(=O)OC(C)(C)C)nn12.Cc1cc(=O)[nH]c2cc([C@@H]3CCCCN3C(=O)OCc3ccccc3)nn12. The van der Waals surface area contributed by atoms with E-state index >= 15 is 0 Å². The quantitative estimate of drug-likeness (QED) is 0.232. The summed E-state index contributed by atoms with van der Waals surface area (Å²) >= 11 is 0. The fourth-order valence-corrected chi connectivity index (χ4v) is 6.70. The molecule has 14 nitrogen and oxygen atoms in total. The molecule has 0 saturated carbocycles. The van der Waals surface area contributed by atoms with E-state index in [9.17, 15) is 19.2 Å². The van der Waals surface area contributed by atoms with Crippen molar-refractivity contribution in [2.45, 2.75) is 97.4 Å². The summed E-state index contributed by atoms with van der Waals surface area (Å²) in [6.07, 6.45) is 4.99. The summed E-state index contributed by atoms with van der Waals surface area (Å²) in [5.74, 6) is 0. The van der Waals surface area contributed by atoms with Crippen molar-refractivity contribution in [2.75, 3.05) is 13.1 Å². The number of likely N-dealkylation sites (tertiary alicyclic amines) is 2. The zero-order chi connectivity index (χ0) is 36.3. The Morgan fingerprint density at radius 3 is 1.73 bits per heavy atom. The third-order valence-electron chi connectivity index (χ3n) is 9.06. The first kappa shape index (κ1) is 35.4. The van der Waals surface area contributed by atoms with Crippen molar-refractivity contribution in [3.05, 3.63) is 104 Å². The Hall–Kier alpha value is -5.40. The van der Waals surface area contributed by atoms with Crippen molar-refractivity contribution in [3.8, 4) is 0 Å². The summed E-state index contributed by atoms with van der Waals surface area (Å²) in [6, 6.07) is 16.1. The van der Waals surface area contributed by atoms with Crippen LogP contribution in [0.25, 0.3) is 11.3 Å². The minimum Gasteiger partial charge on any atom is -0.445 e. The Morgan fingerprint density at radius 1 is 0.745 bits per heavy atom. The highest BCUT2D eigenvalue weighted by Gasteiger charge is 2.34. The maximum atomic E-state index is 12.7. The van der Waals surface area contributed by atoms with Crippen LogP contribution in [0.15, 0.2) is 64.2 Å². The first-order valence-corrected chi connectivity index (χ1v) is 17.5. The van der Waals surface area contributed by atoms with E-state index in [0.29, 0.717) is 24.4 Å². The Bertz CT molecular complexity index is 2130. The number of aromatic amines is 2. The molecule has 2 aliphatic rings. The number of H-pyrrole nitrogens is 2. The standard InChI is InChI=1S/C20H22N4O3.C17H24N4O3/c1-14-11-19(25)21-18-12-16(22-24(14)18)17-9-5-6-10-23(17)20(26)27-13-15-7-3-2-4-8-15;1-11-9-15(22)18-14-10-12(19-21(11)14)13-7-5-6-8-20(13)16(23)24-17(2,3)4/h2-4,7-8,11-12,17H,5-6,9-10,13H2,1H3,(H,21,25);9-10,13H,5-8H2,1-4H3,(H,18,22)/t17-;13-/m00/s1. The molecule has 1 aromatic carbocycles. The average Bonchev–Trinajstić information content (AvgIpc) is 3.72. The number of aryl methyl sites for hydroxylation is 2. The van der Waals surface area contributed by atoms with E-state index < -0.39 is 5.60 Å². The van der Waals surface area contributed by atoms with E-state index in [2.05, 4.69) is 20.2 Å². The van der Waals surface area contributed by atoms with Gasteiger partial charge in [-0.2, -0.15) is 10.2 Å². The molecule has 51 heavy (non-hydrogen) atoms. The van der Waals surface area contributed by atoms with Crippen LogP contribution in [0.5, 0.6) is 0 Å². The first-order chi connectivity index (χ1) is 24.4. The molecule has 2 fully saturated rings. The molecule has 4 aromatic heterocycles. The van der Waals surface area contributed by atoms with Crippen molar-refractivity contribution in [2.24, 2.45) is 0 Å². The Balaban J connectivity index is 0.000000177. The summed E-state index contributed by atoms with van der Waals surface area (Å²) in [5.41, 5.74) is 4.48. The number of aromatic nitrogens is 6. The number of hydrogen-bond acceptors (Lipinski definition) is 8. The van der Waals surface area contributed by atoms with Crippen LogP contribution in [0.4, 0.5) is 9.59 Å². The monoisotopic (exact) mass is 698 g/mol. The van der Waals surface area contributed by atoms with E-state index in [1.54, 1.807) is 18.8 Å². The molecule has 2 saturated heterocycles. The van der Waals surface area contributed by atoms with E-state index in [4.69, 9.17) is 9.47 Å². The molecule has 0 bridgehead atoms. The van der Waals surface area contributed by atoms with Crippen LogP contribution in [0, 0.1) is 13.8 Å². The molecule has 6 heterocycles. The topological polar surface area (TPSA) is 159 Å². The number of benzene rings is 1. The predicted octanol–water partition coefficient (Wildman–Crippen LogP) is 5.99. The minimum atomic E-state index is -0.528. The van der Waals surface area contributed by atoms with Crippen LogP contribution in [0.1, 0.15) is 99.7 Å². The molecular weight excluding hydrogens is 652 g/mol. The number of carbonyl (C=O) groups excluding carboxylic acids is 2. The second-order valence-electron chi connectivity index (χ2n) is 14.2. The summed E-state index contributed by atoms with van der Waals surface area (Å²) in [7, 11) is 0. The van der Waals surface area contributed by atoms with Gasteiger partial charge < -0.3 is 19.4 Å². The molecule has 0 spiro atoms. The van der Waals surface area contributed by atoms with E-state index in [1.165, 1.54) is 12.1 Å². The number of amides is 2. The van der Waals surface area contributed by atoms with Gasteiger partial charge in [-0.1, -0.05) is 30.3 Å². The van der Waals surface area contributed by atoms with Gasteiger partial charge in [0.25, 0.3) is 11.1 Å². The van der Waals surface area contributed by atoms with Gasteiger partial charge in [-0.3, -0.25) is 19.4 Å². The van der Waals surface area contributed by atoms with Crippen LogP contribution in [0.3, 0.4) is 0 Å². The average molecular weight is 699 g/mol. The molecule has 2 aliphatic heterocycles. The minimum absolute atomic E-state index is 0.128. The van der Waals surface area contributed by atoms with E-state index in [1.807, 2.05) is 77.1 Å². The third kappa shape index (κ3) is 8.33. The Labute approximate surface area is 295 Å². The van der Waals surface area contributed by atoms with Crippen molar-refractivity contribution in [1.82, 2.24) is 39.0 Å². The second-order valence-corrected chi connectivity index (χ2v) is 14.2. The molecule has 0 unspecified atom stereocenters. The number of rotatable bonds is 4. The lowest BCUT2D eigenvalue weighted by atomic mass is 10.00. The van der Waals surface area contributed by atoms with Gasteiger partial charge in [0.05, 0.1) is 23.5 Å². The van der Waals surface area contributed by atoms with Gasteiger partial charge in [0.1, 0.15) is 23.5 Å². The fourth-order valence-electron chi connectivity index (χ4n) is 6.70. The third-order valence-corrected chi connectivity index (χ3v) is 9.06. The number of nitrogens with zero attached hydrogens (tertiary/aromatic N) is 6. The van der Waals surface area contributed by atoms with Gasteiger partial charge in [0.2, 0.25) is 0 Å². The summed E-state index contributed by atoms with van der Waals surface area (Å²) in [6.45, 7) is 10.8. The van der Waals surface area contributed by atoms with Crippen molar-refractivity contribution in [1.29, 1.82) is 0 Å². The molecule has 2 amide bonds. The zero-order valence-electron chi connectivity index (χ0n) is 29.8. The number of ether oxygens (including phenoxy) is 2. The fraction of sp³-hybridized carbons (Fsp3) is 0.459. The number of carbonyl (C=O) groups is 2. The predicted molar refractivity (Wildman–Crippen MR) is 191 cm³/mol. The maximum Gasteiger partial charge on any atom is 0.410 e. The molecule has 0 radical (unpaired) electrons. The van der Waals surface area contributed by atoms with Gasteiger partial charge in [0.15, 0.2) is 0 Å². The lowest BCUT2D eigenvalue weighted by Crippen LogP contribution is -2.42. The maximum absolute atomic E-state index is 12.7. The number of piperidine rings is 2. The van der Waals surface area contributed by atoms with Gasteiger partial charge >= 0.3 is 12.2 Å². The van der Waals surface area contributed by atoms with E-state index in [-0.39, 0.29) is 42.0 Å². The van der Waals surface area contributed by atoms with E-state index in [0.717, 1.165) is 66.9 Å². The molecule has 0 aliphatic carbocycles. The molecule has 14 heteroatoms. The van der Waals surface area contributed by atoms with Crippen molar-refractivity contribution in [3.63, 3.8) is 0 Å². The molecule has 5 aromatic rings. The highest BCUT2D eigenvalue weighted by atomic mass is 16.6. The van der Waals surface area contributed by atoms with Crippen molar-refractivity contribution >= 4 is 23.5 Å². The van der Waals surface area contributed by atoms with Gasteiger partial charge in [0, 0.05) is 48.7 Å². The largest absolute Gasteiger partial charge is 0.445 e. The van der Waals surface area contributed by atoms with Crippen molar-refractivity contribution < 1.29 is 19.1 Å². The first-order valence-electron chi connectivity index (χ1n) is 17.5. The molecular formula is C37H46N8O6. The normalized spacial score (nSPS) is 18.0. The molecule has 2 atom stereocenters. The lowest BCUT2D eigenvalue weighted by Gasteiger charge is -2.35. The van der Waals surface area contributed by atoms with Crippen LogP contribution < -0.4 is 11.1 Å². The number of fused-ring (bicyclic) bond motifs is 2. The van der Waals surface area contributed by atoms with Crippen LogP contribution in [-0.2, 0) is 16.1 Å². The smallest absolute Gasteiger partial charge is 0.410 e. The van der Waals surface area contributed by atoms with Gasteiger partial charge in [-0.15, -0.1) is 0 Å². The van der Waals surface area contributed by atoms with Gasteiger partial charge in [-0.25, -0.2) is 18.6 Å². The van der Waals surface area contributed by atoms with Gasteiger partial charge in [-0.05, 0) is 78.7 Å². The zero-order valence-corrected chi connectivity index (χ0v) is 29.8. The highest BCUT2D eigenvalue weighted by molar-refractivity contribution is 5.69. The number of nitrogens with one attached hydrogen (secondary N) is 2. The second kappa shape index (κ2) is 14.8. The molecule has 7 rings (SSSR count). The highest BCUT2D eigenvalue weighted by Crippen LogP contribution is 2.33. The summed E-state index contributed by atoms with van der Waals surface area (Å²) in [5, 5.41) is 9.23. The summed E-state index contributed by atoms with van der Waals surface area (Å²) in [4.78, 5) is 57.7.